The Hall–Kier alpha value is -0.380. The second kappa shape index (κ2) is 5.36. The molecule has 0 aromatic rings. The SMILES string of the molecule is CCOC1OC2(OC)CCC3=CCCC(C)C3(C)C2C1C. The van der Waals surface area contributed by atoms with E-state index in [1.807, 2.05) is 6.92 Å². The van der Waals surface area contributed by atoms with E-state index in [-0.39, 0.29) is 11.7 Å². The maximum atomic E-state index is 6.35. The van der Waals surface area contributed by atoms with Gasteiger partial charge in [0.05, 0.1) is 0 Å². The first-order chi connectivity index (χ1) is 9.99. The summed E-state index contributed by atoms with van der Waals surface area (Å²) in [5.74, 6) is 0.946. The number of methoxy groups -OCH3 is 1. The first-order valence-electron chi connectivity index (χ1n) is 8.53. The zero-order valence-corrected chi connectivity index (χ0v) is 14.1. The van der Waals surface area contributed by atoms with Crippen LogP contribution in [0, 0.1) is 23.2 Å². The molecule has 2 aliphatic carbocycles. The van der Waals surface area contributed by atoms with Crippen LogP contribution in [0.1, 0.15) is 53.4 Å². The predicted molar refractivity (Wildman–Crippen MR) is 82.7 cm³/mol. The molecule has 0 N–H and O–H groups in total. The van der Waals surface area contributed by atoms with Gasteiger partial charge in [0, 0.05) is 32.0 Å². The zero-order chi connectivity index (χ0) is 15.3. The van der Waals surface area contributed by atoms with Crippen LogP contribution in [0.15, 0.2) is 11.6 Å². The summed E-state index contributed by atoms with van der Waals surface area (Å²) in [6, 6.07) is 0. The molecule has 3 aliphatic rings. The molecule has 6 unspecified atom stereocenters. The summed E-state index contributed by atoms with van der Waals surface area (Å²) in [6.45, 7) is 9.85. The Bertz CT molecular complexity index is 432. The molecule has 1 aliphatic heterocycles. The lowest BCUT2D eigenvalue weighted by atomic mass is 9.52. The zero-order valence-electron chi connectivity index (χ0n) is 14.1. The van der Waals surface area contributed by atoms with E-state index >= 15 is 0 Å². The van der Waals surface area contributed by atoms with Crippen molar-refractivity contribution in [3.8, 4) is 0 Å². The van der Waals surface area contributed by atoms with Crippen LogP contribution in [0.25, 0.3) is 0 Å². The van der Waals surface area contributed by atoms with Gasteiger partial charge in [0.1, 0.15) is 0 Å². The minimum atomic E-state index is -0.461. The minimum absolute atomic E-state index is 0.134. The molecule has 120 valence electrons. The highest BCUT2D eigenvalue weighted by Gasteiger charge is 2.65. The molecule has 0 radical (unpaired) electrons. The quantitative estimate of drug-likeness (QED) is 0.732. The van der Waals surface area contributed by atoms with E-state index in [0.29, 0.717) is 24.4 Å². The summed E-state index contributed by atoms with van der Waals surface area (Å²) in [4.78, 5) is 0. The van der Waals surface area contributed by atoms with Gasteiger partial charge in [0.15, 0.2) is 12.1 Å². The number of ether oxygens (including phenoxy) is 3. The summed E-state index contributed by atoms with van der Waals surface area (Å²) >= 11 is 0. The molecule has 0 amide bonds. The lowest BCUT2D eigenvalue weighted by Gasteiger charge is -2.55. The summed E-state index contributed by atoms with van der Waals surface area (Å²) in [6.07, 6.45) is 6.89. The molecule has 0 spiro atoms. The van der Waals surface area contributed by atoms with E-state index < -0.39 is 5.79 Å². The van der Waals surface area contributed by atoms with Crippen LogP contribution in [-0.2, 0) is 14.2 Å². The van der Waals surface area contributed by atoms with Gasteiger partial charge in [-0.2, -0.15) is 0 Å². The van der Waals surface area contributed by atoms with Crippen molar-refractivity contribution in [1.29, 1.82) is 0 Å². The molecule has 1 saturated heterocycles. The largest absolute Gasteiger partial charge is 0.353 e. The molecule has 3 heteroatoms. The summed E-state index contributed by atoms with van der Waals surface area (Å²) in [7, 11) is 1.81. The van der Waals surface area contributed by atoms with E-state index in [2.05, 4.69) is 26.8 Å². The van der Waals surface area contributed by atoms with Crippen LogP contribution in [0.5, 0.6) is 0 Å². The van der Waals surface area contributed by atoms with E-state index in [1.54, 1.807) is 12.7 Å². The van der Waals surface area contributed by atoms with Crippen LogP contribution >= 0.6 is 0 Å². The fourth-order valence-corrected chi connectivity index (χ4v) is 5.31. The number of allylic oxidation sites excluding steroid dienone is 2. The second-order valence-electron chi connectivity index (χ2n) is 7.28. The highest BCUT2D eigenvalue weighted by atomic mass is 16.8. The monoisotopic (exact) mass is 294 g/mol. The van der Waals surface area contributed by atoms with Crippen molar-refractivity contribution in [1.82, 2.24) is 0 Å². The second-order valence-corrected chi connectivity index (χ2v) is 7.28. The topological polar surface area (TPSA) is 27.7 Å². The van der Waals surface area contributed by atoms with Gasteiger partial charge in [0.2, 0.25) is 0 Å². The molecule has 21 heavy (non-hydrogen) atoms. The number of fused-ring (bicyclic) bond motifs is 3. The minimum Gasteiger partial charge on any atom is -0.353 e. The number of hydrogen-bond donors (Lipinski definition) is 0. The smallest absolute Gasteiger partial charge is 0.175 e. The average molecular weight is 294 g/mol. The van der Waals surface area contributed by atoms with E-state index in [4.69, 9.17) is 14.2 Å². The van der Waals surface area contributed by atoms with Crippen LogP contribution in [0.2, 0.25) is 0 Å². The molecule has 6 atom stereocenters. The van der Waals surface area contributed by atoms with Crippen molar-refractivity contribution >= 4 is 0 Å². The van der Waals surface area contributed by atoms with Crippen LogP contribution < -0.4 is 0 Å². The molecule has 0 aromatic carbocycles. The van der Waals surface area contributed by atoms with Crippen molar-refractivity contribution in [3.63, 3.8) is 0 Å². The summed E-state index contributed by atoms with van der Waals surface area (Å²) in [5, 5.41) is 0. The highest BCUT2D eigenvalue weighted by Crippen LogP contribution is 2.63. The van der Waals surface area contributed by atoms with Gasteiger partial charge < -0.3 is 14.2 Å². The third kappa shape index (κ3) is 2.04. The van der Waals surface area contributed by atoms with Gasteiger partial charge in [-0.05, 0) is 37.5 Å². The van der Waals surface area contributed by atoms with Gasteiger partial charge in [-0.1, -0.05) is 32.4 Å². The Morgan fingerprint density at radius 3 is 2.81 bits per heavy atom. The fraction of sp³-hybridized carbons (Fsp3) is 0.889. The molecule has 2 fully saturated rings. The van der Waals surface area contributed by atoms with Gasteiger partial charge >= 0.3 is 0 Å². The summed E-state index contributed by atoms with van der Waals surface area (Å²) in [5.41, 5.74) is 1.81. The maximum absolute atomic E-state index is 6.35. The normalized spacial score (nSPS) is 49.5. The Kier molecular flexibility index (Phi) is 3.96. The number of hydrogen-bond acceptors (Lipinski definition) is 3. The van der Waals surface area contributed by atoms with Crippen LogP contribution in [-0.4, -0.2) is 25.8 Å². The predicted octanol–water partition coefficient (Wildman–Crippen LogP) is 4.13. The molecule has 1 saturated carbocycles. The molecular weight excluding hydrogens is 264 g/mol. The molecule has 0 aromatic heterocycles. The van der Waals surface area contributed by atoms with Gasteiger partial charge in [-0.15, -0.1) is 0 Å². The third-order valence-electron chi connectivity index (χ3n) is 6.52. The lowest BCUT2D eigenvalue weighted by Crippen LogP contribution is -2.54. The van der Waals surface area contributed by atoms with Crippen molar-refractivity contribution in [2.24, 2.45) is 23.2 Å². The third-order valence-corrected chi connectivity index (χ3v) is 6.52. The average Bonchev–Trinajstić information content (AvgIpc) is 2.76. The first-order valence-corrected chi connectivity index (χ1v) is 8.53. The first kappa shape index (κ1) is 15.5. The lowest BCUT2D eigenvalue weighted by molar-refractivity contribution is -0.289. The molecule has 3 rings (SSSR count). The Labute approximate surface area is 129 Å². The van der Waals surface area contributed by atoms with Gasteiger partial charge in [-0.3, -0.25) is 0 Å². The van der Waals surface area contributed by atoms with Crippen LogP contribution in [0.4, 0.5) is 0 Å². The van der Waals surface area contributed by atoms with Crippen molar-refractivity contribution in [2.45, 2.75) is 65.5 Å². The standard InChI is InChI=1S/C18H30O3/c1-6-20-16-13(3)15-17(4)12(2)8-7-9-14(17)10-11-18(15,19-5)21-16/h9,12-13,15-16H,6-8,10-11H2,1-5H3. The van der Waals surface area contributed by atoms with E-state index in [0.717, 1.165) is 12.8 Å². The van der Waals surface area contributed by atoms with Crippen LogP contribution in [0.3, 0.4) is 0 Å². The molecule has 1 heterocycles. The van der Waals surface area contributed by atoms with Crippen molar-refractivity contribution < 1.29 is 14.2 Å². The molecule has 0 bridgehead atoms. The number of rotatable bonds is 3. The summed E-state index contributed by atoms with van der Waals surface area (Å²) < 4.78 is 18.2. The maximum Gasteiger partial charge on any atom is 0.175 e. The van der Waals surface area contributed by atoms with Gasteiger partial charge in [-0.25, -0.2) is 0 Å². The van der Waals surface area contributed by atoms with Crippen molar-refractivity contribution in [3.05, 3.63) is 11.6 Å². The molecule has 3 nitrogen and oxygen atoms in total. The van der Waals surface area contributed by atoms with E-state index in [1.165, 1.54) is 12.8 Å². The Balaban J connectivity index is 2.03. The van der Waals surface area contributed by atoms with Gasteiger partial charge in [0.25, 0.3) is 0 Å². The molecular formula is C18H30O3. The highest BCUT2D eigenvalue weighted by molar-refractivity contribution is 5.26. The van der Waals surface area contributed by atoms with E-state index in [9.17, 15) is 0 Å². The Morgan fingerprint density at radius 1 is 1.38 bits per heavy atom. The van der Waals surface area contributed by atoms with Crippen molar-refractivity contribution in [2.75, 3.05) is 13.7 Å². The fourth-order valence-electron chi connectivity index (χ4n) is 5.31. The Morgan fingerprint density at radius 2 is 2.14 bits per heavy atom.